The van der Waals surface area contributed by atoms with Gasteiger partial charge in [0.2, 0.25) is 0 Å². The van der Waals surface area contributed by atoms with Crippen LogP contribution >= 0.6 is 0 Å². The SMILES string of the molecule is CC(C)N1CCC(CN2CCCCC2)C(F)(F)C1. The molecule has 2 aliphatic rings. The monoisotopic (exact) mass is 260 g/mol. The number of nitrogens with zero attached hydrogens (tertiary/aromatic N) is 2. The zero-order chi connectivity index (χ0) is 13.2. The van der Waals surface area contributed by atoms with Gasteiger partial charge in [-0.1, -0.05) is 6.42 Å². The van der Waals surface area contributed by atoms with Gasteiger partial charge in [0.25, 0.3) is 5.92 Å². The first-order valence-corrected chi connectivity index (χ1v) is 7.33. The fourth-order valence-electron chi connectivity index (χ4n) is 3.13. The Morgan fingerprint density at radius 2 is 1.78 bits per heavy atom. The lowest BCUT2D eigenvalue weighted by molar-refractivity contribution is -0.124. The number of piperidine rings is 2. The summed E-state index contributed by atoms with van der Waals surface area (Å²) in [5.74, 6) is -2.95. The van der Waals surface area contributed by atoms with Crippen molar-refractivity contribution < 1.29 is 8.78 Å². The Labute approximate surface area is 109 Å². The zero-order valence-corrected chi connectivity index (χ0v) is 11.7. The highest BCUT2D eigenvalue weighted by atomic mass is 19.3. The van der Waals surface area contributed by atoms with Gasteiger partial charge in [0.15, 0.2) is 0 Å². The summed E-state index contributed by atoms with van der Waals surface area (Å²) in [6.45, 7) is 7.40. The third-order valence-corrected chi connectivity index (χ3v) is 4.43. The Morgan fingerprint density at radius 3 is 2.33 bits per heavy atom. The number of halogens is 2. The highest BCUT2D eigenvalue weighted by molar-refractivity contribution is 4.89. The molecule has 0 radical (unpaired) electrons. The van der Waals surface area contributed by atoms with E-state index in [9.17, 15) is 8.78 Å². The molecular formula is C14H26F2N2. The Kier molecular flexibility index (Phi) is 4.59. The summed E-state index contributed by atoms with van der Waals surface area (Å²) in [5, 5.41) is 0. The van der Waals surface area contributed by atoms with Crippen LogP contribution in [0.2, 0.25) is 0 Å². The Balaban J connectivity index is 1.89. The largest absolute Gasteiger partial charge is 0.303 e. The smallest absolute Gasteiger partial charge is 0.264 e. The fourth-order valence-corrected chi connectivity index (χ4v) is 3.13. The maximum absolute atomic E-state index is 14.2. The molecule has 0 aromatic carbocycles. The third kappa shape index (κ3) is 3.41. The van der Waals surface area contributed by atoms with E-state index in [1.54, 1.807) is 0 Å². The van der Waals surface area contributed by atoms with Gasteiger partial charge in [-0.05, 0) is 52.7 Å². The Morgan fingerprint density at radius 1 is 1.11 bits per heavy atom. The number of hydrogen-bond acceptors (Lipinski definition) is 2. The second-order valence-electron chi connectivity index (χ2n) is 6.17. The van der Waals surface area contributed by atoms with Crippen molar-refractivity contribution in [3.8, 4) is 0 Å². The minimum atomic E-state index is -2.51. The van der Waals surface area contributed by atoms with E-state index in [-0.39, 0.29) is 12.6 Å². The fraction of sp³-hybridized carbons (Fsp3) is 1.00. The summed E-state index contributed by atoms with van der Waals surface area (Å²) < 4.78 is 28.3. The van der Waals surface area contributed by atoms with Crippen LogP contribution in [0.15, 0.2) is 0 Å². The Hall–Kier alpha value is -0.220. The van der Waals surface area contributed by atoms with Crippen molar-refractivity contribution in [2.24, 2.45) is 5.92 Å². The summed E-state index contributed by atoms with van der Waals surface area (Å²) in [5.41, 5.74) is 0. The van der Waals surface area contributed by atoms with E-state index in [0.717, 1.165) is 19.6 Å². The van der Waals surface area contributed by atoms with E-state index in [1.807, 2.05) is 18.7 Å². The van der Waals surface area contributed by atoms with Crippen LogP contribution in [0, 0.1) is 5.92 Å². The molecule has 2 nitrogen and oxygen atoms in total. The summed E-state index contributed by atoms with van der Waals surface area (Å²) in [4.78, 5) is 4.15. The molecule has 1 unspecified atom stereocenters. The molecule has 106 valence electrons. The predicted octanol–water partition coefficient (Wildman–Crippen LogP) is 2.84. The molecule has 0 N–H and O–H groups in total. The maximum Gasteiger partial charge on any atom is 0.264 e. The minimum Gasteiger partial charge on any atom is -0.303 e. The van der Waals surface area contributed by atoms with Gasteiger partial charge in [-0.15, -0.1) is 0 Å². The lowest BCUT2D eigenvalue weighted by atomic mass is 9.91. The number of alkyl halides is 2. The quantitative estimate of drug-likeness (QED) is 0.770. The Bertz CT molecular complexity index is 263. The summed E-state index contributed by atoms with van der Waals surface area (Å²) in [6, 6.07) is 0.229. The van der Waals surface area contributed by atoms with Crippen LogP contribution < -0.4 is 0 Å². The highest BCUT2D eigenvalue weighted by Gasteiger charge is 2.45. The van der Waals surface area contributed by atoms with Crippen molar-refractivity contribution in [3.63, 3.8) is 0 Å². The van der Waals surface area contributed by atoms with Gasteiger partial charge < -0.3 is 4.90 Å². The van der Waals surface area contributed by atoms with E-state index in [4.69, 9.17) is 0 Å². The molecule has 4 heteroatoms. The first kappa shape index (κ1) is 14.2. The summed E-state index contributed by atoms with van der Waals surface area (Å²) >= 11 is 0. The number of rotatable bonds is 3. The standard InChI is InChI=1S/C14H26F2N2/c1-12(2)18-9-6-13(14(15,16)11-18)10-17-7-4-3-5-8-17/h12-13H,3-11H2,1-2H3. The van der Waals surface area contributed by atoms with E-state index >= 15 is 0 Å². The van der Waals surface area contributed by atoms with Gasteiger partial charge in [0, 0.05) is 18.5 Å². The highest BCUT2D eigenvalue weighted by Crippen LogP contribution is 2.34. The van der Waals surface area contributed by atoms with Crippen LogP contribution in [0.4, 0.5) is 8.78 Å². The molecule has 2 saturated heterocycles. The summed E-state index contributed by atoms with van der Waals surface area (Å²) in [7, 11) is 0. The molecule has 0 amide bonds. The summed E-state index contributed by atoms with van der Waals surface area (Å²) in [6.07, 6.45) is 4.26. The number of hydrogen-bond donors (Lipinski definition) is 0. The van der Waals surface area contributed by atoms with Crippen molar-refractivity contribution in [3.05, 3.63) is 0 Å². The second kappa shape index (κ2) is 5.83. The second-order valence-corrected chi connectivity index (χ2v) is 6.17. The molecule has 2 heterocycles. The zero-order valence-electron chi connectivity index (χ0n) is 11.7. The van der Waals surface area contributed by atoms with E-state index in [0.29, 0.717) is 13.0 Å². The molecule has 0 aromatic rings. The first-order valence-electron chi connectivity index (χ1n) is 7.33. The van der Waals surface area contributed by atoms with Crippen molar-refractivity contribution in [1.29, 1.82) is 0 Å². The average Bonchev–Trinajstić information content (AvgIpc) is 2.32. The molecule has 1 atom stereocenters. The molecule has 2 aliphatic heterocycles. The van der Waals surface area contributed by atoms with Crippen LogP contribution in [-0.2, 0) is 0 Å². The van der Waals surface area contributed by atoms with Crippen LogP contribution in [0.5, 0.6) is 0 Å². The van der Waals surface area contributed by atoms with Crippen molar-refractivity contribution >= 4 is 0 Å². The van der Waals surface area contributed by atoms with Gasteiger partial charge in [0.1, 0.15) is 0 Å². The van der Waals surface area contributed by atoms with Gasteiger partial charge in [-0.25, -0.2) is 8.78 Å². The molecule has 2 rings (SSSR count). The van der Waals surface area contributed by atoms with E-state index in [2.05, 4.69) is 4.90 Å². The lowest BCUT2D eigenvalue weighted by Crippen LogP contribution is -2.54. The van der Waals surface area contributed by atoms with Crippen LogP contribution in [0.3, 0.4) is 0 Å². The molecule has 0 aromatic heterocycles. The van der Waals surface area contributed by atoms with E-state index in [1.165, 1.54) is 19.3 Å². The van der Waals surface area contributed by atoms with Crippen LogP contribution in [-0.4, -0.2) is 54.5 Å². The maximum atomic E-state index is 14.2. The van der Waals surface area contributed by atoms with Crippen molar-refractivity contribution in [2.45, 2.75) is 51.5 Å². The van der Waals surface area contributed by atoms with Crippen molar-refractivity contribution in [1.82, 2.24) is 9.80 Å². The molecule has 0 bridgehead atoms. The molecule has 0 aliphatic carbocycles. The molecular weight excluding hydrogens is 234 g/mol. The molecule has 0 spiro atoms. The van der Waals surface area contributed by atoms with Crippen LogP contribution in [0.1, 0.15) is 39.5 Å². The average molecular weight is 260 g/mol. The minimum absolute atomic E-state index is 0.0524. The predicted molar refractivity (Wildman–Crippen MR) is 70.1 cm³/mol. The third-order valence-electron chi connectivity index (χ3n) is 4.43. The number of likely N-dealkylation sites (tertiary alicyclic amines) is 2. The first-order chi connectivity index (χ1) is 8.49. The lowest BCUT2D eigenvalue weighted by Gasteiger charge is -2.42. The molecule has 2 fully saturated rings. The van der Waals surface area contributed by atoms with Crippen molar-refractivity contribution in [2.75, 3.05) is 32.7 Å². The van der Waals surface area contributed by atoms with Crippen LogP contribution in [0.25, 0.3) is 0 Å². The molecule has 0 saturated carbocycles. The van der Waals surface area contributed by atoms with Gasteiger partial charge in [-0.2, -0.15) is 0 Å². The topological polar surface area (TPSA) is 6.48 Å². The molecule has 18 heavy (non-hydrogen) atoms. The van der Waals surface area contributed by atoms with Gasteiger partial charge in [0.05, 0.1) is 6.54 Å². The van der Waals surface area contributed by atoms with Gasteiger partial charge >= 0.3 is 0 Å². The normalized spacial score (nSPS) is 30.8. The van der Waals surface area contributed by atoms with Gasteiger partial charge in [-0.3, -0.25) is 4.90 Å². The van der Waals surface area contributed by atoms with E-state index < -0.39 is 11.8 Å².